The van der Waals surface area contributed by atoms with Crippen LogP contribution in [0.5, 0.6) is 0 Å². The van der Waals surface area contributed by atoms with Gasteiger partial charge in [-0.05, 0) is 34.6 Å². The fourth-order valence-corrected chi connectivity index (χ4v) is 0.506. The van der Waals surface area contributed by atoms with Crippen LogP contribution in [0.1, 0.15) is 48.5 Å². The van der Waals surface area contributed by atoms with Crippen LogP contribution in [0, 0.1) is 0 Å². The highest BCUT2D eigenvalue weighted by Gasteiger charge is 2.03. The molecule has 0 unspecified atom stereocenters. The molecule has 0 bridgehead atoms. The average Bonchev–Trinajstić information content (AvgIpc) is 2.02. The SMILES string of the molecule is CC.CC(C)=C(C)/C=C\C(C)(C)N. The monoisotopic (exact) mass is 183 g/mol. The highest BCUT2D eigenvalue weighted by Crippen LogP contribution is 2.06. The third-order valence-corrected chi connectivity index (χ3v) is 1.55. The lowest BCUT2D eigenvalue weighted by molar-refractivity contribution is 0.653. The van der Waals surface area contributed by atoms with Crippen LogP contribution < -0.4 is 5.73 Å². The first kappa shape index (κ1) is 14.9. The average molecular weight is 183 g/mol. The Labute approximate surface area is 83.7 Å². The van der Waals surface area contributed by atoms with Gasteiger partial charge in [0.05, 0.1) is 0 Å². The molecule has 1 heteroatoms. The maximum atomic E-state index is 5.77. The summed E-state index contributed by atoms with van der Waals surface area (Å²) in [5.41, 5.74) is 8.21. The van der Waals surface area contributed by atoms with E-state index < -0.39 is 0 Å². The summed E-state index contributed by atoms with van der Waals surface area (Å²) >= 11 is 0. The van der Waals surface area contributed by atoms with E-state index >= 15 is 0 Å². The maximum absolute atomic E-state index is 5.77. The molecule has 0 spiro atoms. The number of hydrogen-bond donors (Lipinski definition) is 1. The lowest BCUT2D eigenvalue weighted by atomic mass is 10.0. The van der Waals surface area contributed by atoms with Gasteiger partial charge in [0.2, 0.25) is 0 Å². The molecule has 0 aromatic carbocycles. The van der Waals surface area contributed by atoms with E-state index in [9.17, 15) is 0 Å². The molecule has 0 aliphatic heterocycles. The molecule has 13 heavy (non-hydrogen) atoms. The van der Waals surface area contributed by atoms with Crippen molar-refractivity contribution in [1.29, 1.82) is 0 Å². The summed E-state index contributed by atoms with van der Waals surface area (Å²) in [7, 11) is 0. The Hall–Kier alpha value is -0.560. The quantitative estimate of drug-likeness (QED) is 0.650. The van der Waals surface area contributed by atoms with Crippen LogP contribution in [0.25, 0.3) is 0 Å². The van der Waals surface area contributed by atoms with Gasteiger partial charge < -0.3 is 5.73 Å². The van der Waals surface area contributed by atoms with E-state index in [2.05, 4.69) is 26.8 Å². The minimum atomic E-state index is -0.198. The molecule has 0 atom stereocenters. The van der Waals surface area contributed by atoms with Gasteiger partial charge in [0.1, 0.15) is 0 Å². The summed E-state index contributed by atoms with van der Waals surface area (Å²) in [6, 6.07) is 0. The van der Waals surface area contributed by atoms with Crippen LogP contribution in [0.3, 0.4) is 0 Å². The second-order valence-electron chi connectivity index (χ2n) is 3.84. The van der Waals surface area contributed by atoms with Crippen molar-refractivity contribution in [2.24, 2.45) is 5.73 Å². The summed E-state index contributed by atoms with van der Waals surface area (Å²) < 4.78 is 0. The van der Waals surface area contributed by atoms with Gasteiger partial charge in [0.25, 0.3) is 0 Å². The van der Waals surface area contributed by atoms with E-state index in [0.29, 0.717) is 0 Å². The van der Waals surface area contributed by atoms with Crippen molar-refractivity contribution >= 4 is 0 Å². The zero-order valence-electron chi connectivity index (χ0n) is 10.2. The normalized spacial score (nSPS) is 10.8. The molecule has 78 valence electrons. The topological polar surface area (TPSA) is 26.0 Å². The zero-order valence-corrected chi connectivity index (χ0v) is 10.2. The smallest absolute Gasteiger partial charge is 0.0284 e. The molecule has 0 fully saturated rings. The minimum Gasteiger partial charge on any atom is -0.322 e. The molecule has 0 saturated carbocycles. The van der Waals surface area contributed by atoms with Crippen LogP contribution in [-0.4, -0.2) is 5.54 Å². The van der Waals surface area contributed by atoms with E-state index in [-0.39, 0.29) is 5.54 Å². The summed E-state index contributed by atoms with van der Waals surface area (Å²) in [5.74, 6) is 0. The van der Waals surface area contributed by atoms with Gasteiger partial charge >= 0.3 is 0 Å². The molecule has 0 saturated heterocycles. The molecule has 0 aromatic heterocycles. The van der Waals surface area contributed by atoms with Crippen LogP contribution in [0.15, 0.2) is 23.3 Å². The zero-order chi connectivity index (χ0) is 11.1. The Morgan fingerprint density at radius 3 is 1.69 bits per heavy atom. The molecule has 2 N–H and O–H groups in total. The molecule has 1 nitrogen and oxygen atoms in total. The van der Waals surface area contributed by atoms with Crippen molar-refractivity contribution in [2.75, 3.05) is 0 Å². The molecule has 0 aliphatic carbocycles. The van der Waals surface area contributed by atoms with Crippen molar-refractivity contribution < 1.29 is 0 Å². The van der Waals surface area contributed by atoms with Gasteiger partial charge in [-0.2, -0.15) is 0 Å². The lowest BCUT2D eigenvalue weighted by Gasteiger charge is -2.11. The van der Waals surface area contributed by atoms with Crippen LogP contribution >= 0.6 is 0 Å². The Bertz CT molecular complexity index is 176. The van der Waals surface area contributed by atoms with Crippen molar-refractivity contribution in [3.8, 4) is 0 Å². The summed E-state index contributed by atoms with van der Waals surface area (Å²) in [4.78, 5) is 0. The van der Waals surface area contributed by atoms with Crippen molar-refractivity contribution in [3.05, 3.63) is 23.3 Å². The van der Waals surface area contributed by atoms with E-state index in [1.165, 1.54) is 11.1 Å². The fourth-order valence-electron chi connectivity index (χ4n) is 0.506. The maximum Gasteiger partial charge on any atom is 0.0284 e. The van der Waals surface area contributed by atoms with Gasteiger partial charge in [-0.1, -0.05) is 37.1 Å². The highest BCUT2D eigenvalue weighted by molar-refractivity contribution is 5.23. The summed E-state index contributed by atoms with van der Waals surface area (Å²) in [6.07, 6.45) is 4.10. The van der Waals surface area contributed by atoms with Gasteiger partial charge in [-0.15, -0.1) is 0 Å². The standard InChI is InChI=1S/C10H19N.C2H6/c1-8(2)9(3)6-7-10(4,5)11;1-2/h6-7H,11H2,1-5H3;1-2H3/b7-6-;. The molecule has 0 rings (SSSR count). The minimum absolute atomic E-state index is 0.198. The molecule has 0 heterocycles. The second kappa shape index (κ2) is 6.90. The second-order valence-corrected chi connectivity index (χ2v) is 3.84. The van der Waals surface area contributed by atoms with Gasteiger partial charge in [0.15, 0.2) is 0 Å². The third kappa shape index (κ3) is 11.4. The van der Waals surface area contributed by atoms with Crippen LogP contribution in [0.4, 0.5) is 0 Å². The van der Waals surface area contributed by atoms with Gasteiger partial charge in [0, 0.05) is 5.54 Å². The first-order valence-corrected chi connectivity index (χ1v) is 4.95. The highest BCUT2D eigenvalue weighted by atomic mass is 14.7. The van der Waals surface area contributed by atoms with E-state index in [1.807, 2.05) is 33.8 Å². The predicted molar refractivity (Wildman–Crippen MR) is 62.8 cm³/mol. The Balaban J connectivity index is 0. The number of allylic oxidation sites excluding steroid dienone is 3. The Morgan fingerprint density at radius 1 is 1.08 bits per heavy atom. The first-order valence-electron chi connectivity index (χ1n) is 4.95. The largest absolute Gasteiger partial charge is 0.322 e. The summed E-state index contributed by atoms with van der Waals surface area (Å²) in [5, 5.41) is 0. The first-order chi connectivity index (χ1) is 5.83. The van der Waals surface area contributed by atoms with Crippen molar-refractivity contribution in [2.45, 2.75) is 54.0 Å². The molecule has 0 radical (unpaired) electrons. The Morgan fingerprint density at radius 2 is 1.46 bits per heavy atom. The Kier molecular flexibility index (Phi) is 7.93. The number of hydrogen-bond acceptors (Lipinski definition) is 1. The van der Waals surface area contributed by atoms with E-state index in [4.69, 9.17) is 5.73 Å². The number of rotatable bonds is 2. The predicted octanol–water partition coefficient (Wildman–Crippen LogP) is 3.66. The molecule has 0 aromatic rings. The van der Waals surface area contributed by atoms with Gasteiger partial charge in [-0.25, -0.2) is 0 Å². The van der Waals surface area contributed by atoms with E-state index in [1.54, 1.807) is 0 Å². The van der Waals surface area contributed by atoms with Crippen LogP contribution in [0.2, 0.25) is 0 Å². The molecular weight excluding hydrogens is 158 g/mol. The van der Waals surface area contributed by atoms with E-state index in [0.717, 1.165) is 0 Å². The van der Waals surface area contributed by atoms with Crippen molar-refractivity contribution in [1.82, 2.24) is 0 Å². The summed E-state index contributed by atoms with van der Waals surface area (Å²) in [6.45, 7) is 14.3. The van der Waals surface area contributed by atoms with Gasteiger partial charge in [-0.3, -0.25) is 0 Å². The van der Waals surface area contributed by atoms with Crippen LogP contribution in [-0.2, 0) is 0 Å². The number of nitrogens with two attached hydrogens (primary N) is 1. The third-order valence-electron chi connectivity index (χ3n) is 1.55. The molecule has 0 amide bonds. The fraction of sp³-hybridized carbons (Fsp3) is 0.667. The molecular formula is C12H25N. The lowest BCUT2D eigenvalue weighted by Crippen LogP contribution is -2.28. The van der Waals surface area contributed by atoms with Crippen molar-refractivity contribution in [3.63, 3.8) is 0 Å². The molecule has 0 aliphatic rings.